The smallest absolute Gasteiger partial charge is 0.361 e. The largest absolute Gasteiger partial charge is 0.461 e. The van der Waals surface area contributed by atoms with E-state index >= 15 is 0 Å². The van der Waals surface area contributed by atoms with Crippen molar-refractivity contribution in [2.24, 2.45) is 0 Å². The number of nitrogens with zero attached hydrogens (tertiary/aromatic N) is 4. The van der Waals surface area contributed by atoms with E-state index in [9.17, 15) is 9.59 Å². The minimum atomic E-state index is -0.709. The molecular weight excluding hydrogens is 288 g/mol. The normalized spacial score (nSPS) is 10.8. The number of fused-ring (bicyclic) bond motifs is 1. The van der Waals surface area contributed by atoms with Gasteiger partial charge in [-0.3, -0.25) is 14.3 Å². The number of carbonyl (C=O) groups is 1. The summed E-state index contributed by atoms with van der Waals surface area (Å²) >= 11 is 0. The molecule has 112 valence electrons. The van der Waals surface area contributed by atoms with E-state index in [0.29, 0.717) is 0 Å². The Morgan fingerprint density at radius 1 is 1.45 bits per heavy atom. The summed E-state index contributed by atoms with van der Waals surface area (Å²) in [5.74, 6) is -0.709. The number of esters is 1. The van der Waals surface area contributed by atoms with Crippen LogP contribution in [0.5, 0.6) is 0 Å². The van der Waals surface area contributed by atoms with Gasteiger partial charge in [-0.15, -0.1) is 0 Å². The third-order valence-corrected chi connectivity index (χ3v) is 3.01. The van der Waals surface area contributed by atoms with Crippen molar-refractivity contribution in [3.63, 3.8) is 0 Å². The Kier molecular flexibility index (Phi) is 3.65. The van der Waals surface area contributed by atoms with Gasteiger partial charge in [0, 0.05) is 12.4 Å². The highest BCUT2D eigenvalue weighted by atomic mass is 16.5. The van der Waals surface area contributed by atoms with Crippen LogP contribution < -0.4 is 5.56 Å². The fraction of sp³-hybridized carbons (Fsp3) is 0.214. The highest BCUT2D eigenvalue weighted by Gasteiger charge is 2.22. The lowest BCUT2D eigenvalue weighted by Gasteiger charge is -2.04. The van der Waals surface area contributed by atoms with Crippen LogP contribution in [0.2, 0.25) is 0 Å². The monoisotopic (exact) mass is 300 g/mol. The minimum Gasteiger partial charge on any atom is -0.461 e. The van der Waals surface area contributed by atoms with Crippen molar-refractivity contribution in [3.8, 4) is 0 Å². The predicted molar refractivity (Wildman–Crippen MR) is 75.4 cm³/mol. The molecule has 0 amide bonds. The molecule has 0 aliphatic rings. The van der Waals surface area contributed by atoms with Crippen molar-refractivity contribution in [1.29, 1.82) is 0 Å². The molecule has 0 bridgehead atoms. The van der Waals surface area contributed by atoms with Crippen LogP contribution in [0.4, 0.5) is 0 Å². The van der Waals surface area contributed by atoms with Gasteiger partial charge in [0.1, 0.15) is 11.7 Å². The van der Waals surface area contributed by atoms with Crippen LogP contribution in [0.25, 0.3) is 11.1 Å². The molecule has 0 unspecified atom stereocenters. The summed E-state index contributed by atoms with van der Waals surface area (Å²) in [6.45, 7) is 2.12. The zero-order valence-electron chi connectivity index (χ0n) is 11.7. The second kappa shape index (κ2) is 5.76. The molecule has 0 spiro atoms. The highest BCUT2D eigenvalue weighted by molar-refractivity contribution is 5.99. The van der Waals surface area contributed by atoms with Crippen molar-refractivity contribution >= 4 is 17.1 Å². The summed E-state index contributed by atoms with van der Waals surface area (Å²) in [4.78, 5) is 32.3. The van der Waals surface area contributed by atoms with Crippen molar-refractivity contribution in [1.82, 2.24) is 19.7 Å². The maximum atomic E-state index is 12.5. The van der Waals surface area contributed by atoms with Crippen LogP contribution in [-0.2, 0) is 11.3 Å². The van der Waals surface area contributed by atoms with Gasteiger partial charge in [0.05, 0.1) is 13.2 Å². The molecule has 8 heteroatoms. The Morgan fingerprint density at radius 2 is 2.32 bits per heavy atom. The first kappa shape index (κ1) is 13.9. The van der Waals surface area contributed by atoms with Crippen LogP contribution in [0.15, 0.2) is 40.2 Å². The summed E-state index contributed by atoms with van der Waals surface area (Å²) in [5.41, 5.74) is 0.267. The molecule has 22 heavy (non-hydrogen) atoms. The Balaban J connectivity index is 2.06. The van der Waals surface area contributed by atoms with Gasteiger partial charge in [-0.25, -0.2) is 9.78 Å². The minimum absolute atomic E-state index is 0.00971. The van der Waals surface area contributed by atoms with Gasteiger partial charge >= 0.3 is 5.97 Å². The molecule has 0 aliphatic carbocycles. The first-order valence-electron chi connectivity index (χ1n) is 6.61. The van der Waals surface area contributed by atoms with E-state index in [-0.39, 0.29) is 29.9 Å². The van der Waals surface area contributed by atoms with Crippen molar-refractivity contribution in [2.45, 2.75) is 13.5 Å². The van der Waals surface area contributed by atoms with Gasteiger partial charge in [0.2, 0.25) is 5.69 Å². The van der Waals surface area contributed by atoms with Gasteiger partial charge in [0.25, 0.3) is 11.3 Å². The topological polar surface area (TPSA) is 100 Å². The molecule has 3 heterocycles. The molecule has 3 rings (SSSR count). The predicted octanol–water partition coefficient (Wildman–Crippen LogP) is 1.00. The SMILES string of the molecule is CCOC(=O)c1noc2ncn(Cc3cccnc3)c(=O)c12. The number of aromatic nitrogens is 4. The summed E-state index contributed by atoms with van der Waals surface area (Å²) in [6.07, 6.45) is 4.64. The van der Waals surface area contributed by atoms with Gasteiger partial charge in [-0.05, 0) is 18.6 Å². The van der Waals surface area contributed by atoms with E-state index in [4.69, 9.17) is 9.26 Å². The van der Waals surface area contributed by atoms with Gasteiger partial charge in [0.15, 0.2) is 0 Å². The van der Waals surface area contributed by atoms with Crippen molar-refractivity contribution in [3.05, 3.63) is 52.5 Å². The maximum Gasteiger partial charge on any atom is 0.361 e. The standard InChI is InChI=1S/C14H12N4O4/c1-2-21-14(20)11-10-12(22-17-11)16-8-18(13(10)19)7-9-4-3-5-15-6-9/h3-6,8H,2,7H2,1H3. The molecule has 0 N–H and O–H groups in total. The number of pyridine rings is 1. The van der Waals surface area contributed by atoms with Gasteiger partial charge < -0.3 is 9.26 Å². The number of carbonyl (C=O) groups excluding carboxylic acids is 1. The fourth-order valence-electron chi connectivity index (χ4n) is 2.02. The van der Waals surface area contributed by atoms with Crippen molar-refractivity contribution in [2.75, 3.05) is 6.61 Å². The van der Waals surface area contributed by atoms with Gasteiger partial charge in [-0.2, -0.15) is 0 Å². The first-order chi connectivity index (χ1) is 10.7. The Labute approximate surface area is 124 Å². The average molecular weight is 300 g/mol. The Hall–Kier alpha value is -3.03. The van der Waals surface area contributed by atoms with E-state index in [1.807, 2.05) is 6.07 Å². The molecule has 0 radical (unpaired) electrons. The lowest BCUT2D eigenvalue weighted by molar-refractivity contribution is 0.0516. The number of hydrogen-bond donors (Lipinski definition) is 0. The molecule has 3 aromatic rings. The molecule has 0 aromatic carbocycles. The van der Waals surface area contributed by atoms with Crippen molar-refractivity contribution < 1.29 is 14.1 Å². The number of rotatable bonds is 4. The van der Waals surface area contributed by atoms with E-state index < -0.39 is 11.5 Å². The lowest BCUT2D eigenvalue weighted by atomic mass is 10.2. The van der Waals surface area contributed by atoms with Crippen LogP contribution >= 0.6 is 0 Å². The molecular formula is C14H12N4O4. The average Bonchev–Trinajstić information content (AvgIpc) is 2.96. The van der Waals surface area contributed by atoms with Crippen LogP contribution in [-0.4, -0.2) is 32.3 Å². The third kappa shape index (κ3) is 2.46. The van der Waals surface area contributed by atoms with E-state index in [2.05, 4.69) is 15.1 Å². The second-order valence-electron chi connectivity index (χ2n) is 4.47. The molecule has 0 saturated heterocycles. The zero-order chi connectivity index (χ0) is 15.5. The summed E-state index contributed by atoms with van der Waals surface area (Å²) in [6, 6.07) is 3.61. The molecule has 0 fully saturated rings. The molecule has 3 aromatic heterocycles. The third-order valence-electron chi connectivity index (χ3n) is 3.01. The van der Waals surface area contributed by atoms with Crippen LogP contribution in [0.1, 0.15) is 23.0 Å². The number of ether oxygens (including phenoxy) is 1. The van der Waals surface area contributed by atoms with Crippen LogP contribution in [0.3, 0.4) is 0 Å². The molecule has 0 aliphatic heterocycles. The first-order valence-corrected chi connectivity index (χ1v) is 6.61. The number of hydrogen-bond acceptors (Lipinski definition) is 7. The summed E-state index contributed by atoms with van der Waals surface area (Å²) in [7, 11) is 0. The molecule has 8 nitrogen and oxygen atoms in total. The maximum absolute atomic E-state index is 12.5. The summed E-state index contributed by atoms with van der Waals surface area (Å²) < 4.78 is 11.1. The fourth-order valence-corrected chi connectivity index (χ4v) is 2.02. The van der Waals surface area contributed by atoms with Gasteiger partial charge in [-0.1, -0.05) is 11.2 Å². The van der Waals surface area contributed by atoms with Crippen LogP contribution in [0, 0.1) is 0 Å². The molecule has 0 atom stereocenters. The van der Waals surface area contributed by atoms with E-state index in [0.717, 1.165) is 5.56 Å². The lowest BCUT2D eigenvalue weighted by Crippen LogP contribution is -2.22. The molecule has 0 saturated carbocycles. The van der Waals surface area contributed by atoms with E-state index in [1.54, 1.807) is 25.4 Å². The zero-order valence-corrected chi connectivity index (χ0v) is 11.7. The Morgan fingerprint density at radius 3 is 3.05 bits per heavy atom. The summed E-state index contributed by atoms with van der Waals surface area (Å²) in [5, 5.41) is 3.60. The Bertz CT molecular complexity index is 869. The quantitative estimate of drug-likeness (QED) is 0.663. The highest BCUT2D eigenvalue weighted by Crippen LogP contribution is 2.13. The van der Waals surface area contributed by atoms with E-state index in [1.165, 1.54) is 10.9 Å². The second-order valence-corrected chi connectivity index (χ2v) is 4.47.